The highest BCUT2D eigenvalue weighted by molar-refractivity contribution is 5.92. The highest BCUT2D eigenvalue weighted by atomic mass is 16.3. The highest BCUT2D eigenvalue weighted by Crippen LogP contribution is 2.22. The summed E-state index contributed by atoms with van der Waals surface area (Å²) in [7, 11) is 0. The van der Waals surface area contributed by atoms with E-state index in [1.807, 2.05) is 13.8 Å². The number of rotatable bonds is 8. The fourth-order valence-corrected chi connectivity index (χ4v) is 2.69. The second kappa shape index (κ2) is 8.78. The van der Waals surface area contributed by atoms with Crippen LogP contribution in [-0.2, 0) is 6.42 Å². The molecule has 0 saturated carbocycles. The van der Waals surface area contributed by atoms with Crippen LogP contribution in [0.4, 0.5) is 0 Å². The molecule has 0 aliphatic rings. The van der Waals surface area contributed by atoms with Crippen molar-refractivity contribution in [2.75, 3.05) is 0 Å². The van der Waals surface area contributed by atoms with Gasteiger partial charge in [-0.15, -0.1) is 0 Å². The monoisotopic (exact) mass is 413 g/mol. The summed E-state index contributed by atoms with van der Waals surface area (Å²) >= 11 is 0. The Hall–Kier alpha value is -3.66. The number of hydrogen-bond acceptors (Lipinski definition) is 8. The number of hydrogen-bond donors (Lipinski definition) is 4. The molecule has 0 unspecified atom stereocenters. The number of nitrogens with one attached hydrogen (secondary N) is 1. The molecule has 3 rings (SSSR count). The van der Waals surface area contributed by atoms with Crippen molar-refractivity contribution in [2.45, 2.75) is 32.4 Å². The molecule has 2 aromatic heterocycles. The maximum Gasteiger partial charge on any atom is 0.273 e. The first kappa shape index (κ1) is 21.1. The van der Waals surface area contributed by atoms with E-state index >= 15 is 0 Å². The summed E-state index contributed by atoms with van der Waals surface area (Å²) in [4.78, 5) is 32.3. The Morgan fingerprint density at radius 1 is 1.07 bits per heavy atom. The van der Waals surface area contributed by atoms with Crippen LogP contribution in [0.25, 0.3) is 0 Å². The average Bonchev–Trinajstić information content (AvgIpc) is 3.38. The van der Waals surface area contributed by atoms with Gasteiger partial charge in [-0.2, -0.15) is 0 Å². The number of phenols is 1. The van der Waals surface area contributed by atoms with Crippen molar-refractivity contribution >= 4 is 11.8 Å². The van der Waals surface area contributed by atoms with Gasteiger partial charge in [0.2, 0.25) is 11.8 Å². The van der Waals surface area contributed by atoms with E-state index in [0.29, 0.717) is 0 Å². The van der Waals surface area contributed by atoms with Gasteiger partial charge in [-0.3, -0.25) is 9.59 Å². The van der Waals surface area contributed by atoms with Crippen molar-refractivity contribution in [1.29, 1.82) is 0 Å². The van der Waals surface area contributed by atoms with Gasteiger partial charge in [0, 0.05) is 6.42 Å². The highest BCUT2D eigenvalue weighted by Gasteiger charge is 2.25. The molecule has 0 bridgehead atoms. The lowest BCUT2D eigenvalue weighted by Gasteiger charge is -2.15. The molecule has 3 aromatic rings. The zero-order chi connectivity index (χ0) is 21.8. The van der Waals surface area contributed by atoms with Crippen molar-refractivity contribution in [2.24, 2.45) is 17.4 Å². The van der Waals surface area contributed by atoms with Crippen LogP contribution in [0.15, 0.2) is 45.6 Å². The van der Waals surface area contributed by atoms with E-state index < -0.39 is 23.9 Å². The van der Waals surface area contributed by atoms with Crippen LogP contribution in [0.1, 0.15) is 64.3 Å². The molecule has 6 N–H and O–H groups in total. The maximum absolute atomic E-state index is 12.7. The van der Waals surface area contributed by atoms with Crippen molar-refractivity contribution in [1.82, 2.24) is 15.3 Å². The van der Waals surface area contributed by atoms with E-state index in [-0.39, 0.29) is 41.3 Å². The number of benzene rings is 1. The van der Waals surface area contributed by atoms with Gasteiger partial charge in [-0.25, -0.2) is 9.97 Å². The van der Waals surface area contributed by atoms with E-state index in [9.17, 15) is 14.7 Å². The topological polar surface area (TPSA) is 170 Å². The average molecular weight is 413 g/mol. The van der Waals surface area contributed by atoms with E-state index in [2.05, 4.69) is 15.3 Å². The third kappa shape index (κ3) is 4.84. The standard InChI is InChI=1S/C20H23N5O5/c1-10(2)16(21)20-25-15(9-30-20)18(28)23-13(7-11-3-5-12(26)6-4-11)19-24-14(8-29-19)17(22)27/h3-6,8-10,13,16,26H,7,21H2,1-2H3,(H2,22,27)(H,23,28)/t13-,16-/m0/s1. The molecule has 0 radical (unpaired) electrons. The molecular weight excluding hydrogens is 390 g/mol. The van der Waals surface area contributed by atoms with Crippen LogP contribution in [-0.4, -0.2) is 26.9 Å². The molecular formula is C20H23N5O5. The largest absolute Gasteiger partial charge is 0.508 e. The minimum Gasteiger partial charge on any atom is -0.508 e. The first-order chi connectivity index (χ1) is 14.2. The lowest BCUT2D eigenvalue weighted by molar-refractivity contribution is 0.0924. The van der Waals surface area contributed by atoms with Crippen LogP contribution in [0.2, 0.25) is 0 Å². The SMILES string of the molecule is CC(C)[C@H](N)c1nc(C(=O)N[C@@H](Cc2ccc(O)cc2)c2nc(C(N)=O)co2)co1. The first-order valence-electron chi connectivity index (χ1n) is 9.29. The molecule has 2 atom stereocenters. The summed E-state index contributed by atoms with van der Waals surface area (Å²) in [6.07, 6.45) is 2.64. The molecule has 30 heavy (non-hydrogen) atoms. The molecule has 10 heteroatoms. The van der Waals surface area contributed by atoms with E-state index in [1.165, 1.54) is 18.4 Å². The molecule has 10 nitrogen and oxygen atoms in total. The summed E-state index contributed by atoms with van der Waals surface area (Å²) in [5.74, 6) is -0.707. The Bertz CT molecular complexity index is 1020. The number of oxazole rings is 2. The number of amides is 2. The van der Waals surface area contributed by atoms with Crippen LogP contribution in [0.5, 0.6) is 5.75 Å². The zero-order valence-corrected chi connectivity index (χ0v) is 16.5. The number of primary amides is 1. The van der Waals surface area contributed by atoms with Gasteiger partial charge in [-0.1, -0.05) is 26.0 Å². The summed E-state index contributed by atoms with van der Waals surface area (Å²) in [6, 6.07) is 5.27. The van der Waals surface area contributed by atoms with Crippen molar-refractivity contribution in [3.63, 3.8) is 0 Å². The molecule has 0 saturated heterocycles. The van der Waals surface area contributed by atoms with Gasteiger partial charge in [-0.05, 0) is 23.6 Å². The summed E-state index contributed by atoms with van der Waals surface area (Å²) < 4.78 is 10.7. The van der Waals surface area contributed by atoms with Crippen LogP contribution in [0.3, 0.4) is 0 Å². The summed E-state index contributed by atoms with van der Waals surface area (Å²) in [6.45, 7) is 3.84. The van der Waals surface area contributed by atoms with Crippen LogP contribution >= 0.6 is 0 Å². The maximum atomic E-state index is 12.7. The predicted octanol–water partition coefficient (Wildman–Crippen LogP) is 1.84. The Labute approximate surface area is 172 Å². The van der Waals surface area contributed by atoms with Gasteiger partial charge in [0.05, 0.1) is 6.04 Å². The second-order valence-electron chi connectivity index (χ2n) is 7.17. The lowest BCUT2D eigenvalue weighted by Crippen LogP contribution is -2.31. The number of nitrogens with two attached hydrogens (primary N) is 2. The number of nitrogens with zero attached hydrogens (tertiary/aromatic N) is 2. The number of aromatic hydroxyl groups is 1. The minimum atomic E-state index is -0.747. The Kier molecular flexibility index (Phi) is 6.17. The van der Waals surface area contributed by atoms with Crippen molar-refractivity contribution in [3.05, 3.63) is 65.5 Å². The number of phenolic OH excluding ortho intramolecular Hbond substituents is 1. The number of carbonyl (C=O) groups excluding carboxylic acids is 2. The van der Waals surface area contributed by atoms with Crippen molar-refractivity contribution < 1.29 is 23.5 Å². The van der Waals surface area contributed by atoms with E-state index in [0.717, 1.165) is 11.8 Å². The summed E-state index contributed by atoms with van der Waals surface area (Å²) in [5.41, 5.74) is 12.0. The summed E-state index contributed by atoms with van der Waals surface area (Å²) in [5, 5.41) is 12.2. The van der Waals surface area contributed by atoms with Gasteiger partial charge in [0.15, 0.2) is 11.4 Å². The number of aromatic nitrogens is 2. The fourth-order valence-electron chi connectivity index (χ4n) is 2.69. The lowest BCUT2D eigenvalue weighted by atomic mass is 10.1. The zero-order valence-electron chi connectivity index (χ0n) is 16.5. The van der Waals surface area contributed by atoms with Gasteiger partial charge >= 0.3 is 0 Å². The van der Waals surface area contributed by atoms with Crippen LogP contribution in [0, 0.1) is 5.92 Å². The van der Waals surface area contributed by atoms with Gasteiger partial charge in [0.25, 0.3) is 11.8 Å². The van der Waals surface area contributed by atoms with Gasteiger partial charge < -0.3 is 30.7 Å². The smallest absolute Gasteiger partial charge is 0.273 e. The minimum absolute atomic E-state index is 0.0541. The molecule has 2 amide bonds. The third-order valence-electron chi connectivity index (χ3n) is 4.51. The van der Waals surface area contributed by atoms with E-state index in [4.69, 9.17) is 20.3 Å². The van der Waals surface area contributed by atoms with Crippen molar-refractivity contribution in [3.8, 4) is 5.75 Å². The molecule has 0 spiro atoms. The van der Waals surface area contributed by atoms with Crippen LogP contribution < -0.4 is 16.8 Å². The predicted molar refractivity (Wildman–Crippen MR) is 105 cm³/mol. The normalized spacial score (nSPS) is 13.2. The molecule has 0 aliphatic heterocycles. The Morgan fingerprint density at radius 2 is 1.67 bits per heavy atom. The molecule has 158 valence electrons. The number of carbonyl (C=O) groups is 2. The fraction of sp³-hybridized carbons (Fsp3) is 0.300. The Morgan fingerprint density at radius 3 is 2.27 bits per heavy atom. The first-order valence-corrected chi connectivity index (χ1v) is 9.29. The quantitative estimate of drug-likeness (QED) is 0.433. The molecule has 0 aliphatic carbocycles. The molecule has 1 aromatic carbocycles. The Balaban J connectivity index is 1.83. The van der Waals surface area contributed by atoms with E-state index in [1.54, 1.807) is 12.1 Å². The van der Waals surface area contributed by atoms with Gasteiger partial charge in [0.1, 0.15) is 24.3 Å². The third-order valence-corrected chi connectivity index (χ3v) is 4.51. The molecule has 0 fully saturated rings. The second-order valence-corrected chi connectivity index (χ2v) is 7.17. The molecule has 2 heterocycles.